The van der Waals surface area contributed by atoms with Crippen LogP contribution in [0.25, 0.3) is 0 Å². The Morgan fingerprint density at radius 2 is 2.00 bits per heavy atom. The molecule has 12 heavy (non-hydrogen) atoms. The van der Waals surface area contributed by atoms with E-state index in [0.717, 1.165) is 5.57 Å². The van der Waals surface area contributed by atoms with Crippen LogP contribution in [0.4, 0.5) is 0 Å². The molecule has 66 valence electrons. The predicted molar refractivity (Wildman–Crippen MR) is 48.3 cm³/mol. The van der Waals surface area contributed by atoms with E-state index < -0.39 is 5.79 Å². The molecule has 0 unspecified atom stereocenters. The van der Waals surface area contributed by atoms with Crippen molar-refractivity contribution in [1.29, 1.82) is 0 Å². The molecule has 1 heterocycles. The van der Waals surface area contributed by atoms with Gasteiger partial charge in [-0.2, -0.15) is 0 Å². The SMILES string of the molecule is C=CC1=C(C(=C)C)OC(C)(C)O1. The first-order valence-corrected chi connectivity index (χ1v) is 3.87. The zero-order chi connectivity index (χ0) is 9.35. The van der Waals surface area contributed by atoms with Gasteiger partial charge in [0.05, 0.1) is 0 Å². The van der Waals surface area contributed by atoms with Crippen molar-refractivity contribution in [2.75, 3.05) is 0 Å². The first-order valence-electron chi connectivity index (χ1n) is 3.87. The minimum atomic E-state index is -0.586. The lowest BCUT2D eigenvalue weighted by atomic mass is 10.2. The van der Waals surface area contributed by atoms with Gasteiger partial charge in [0.1, 0.15) is 0 Å². The fourth-order valence-electron chi connectivity index (χ4n) is 1.06. The van der Waals surface area contributed by atoms with E-state index in [1.807, 2.05) is 20.8 Å². The van der Waals surface area contributed by atoms with Gasteiger partial charge < -0.3 is 9.47 Å². The molecule has 0 fully saturated rings. The summed E-state index contributed by atoms with van der Waals surface area (Å²) in [6.07, 6.45) is 1.64. The highest BCUT2D eigenvalue weighted by atomic mass is 16.7. The maximum absolute atomic E-state index is 5.50. The standard InChI is InChI=1S/C10H14O2/c1-6-8-9(7(2)3)12-10(4,5)11-8/h6H,1-2H2,3-5H3. The van der Waals surface area contributed by atoms with Gasteiger partial charge in [-0.1, -0.05) is 13.2 Å². The van der Waals surface area contributed by atoms with E-state index in [1.165, 1.54) is 0 Å². The number of hydrogen-bond donors (Lipinski definition) is 0. The van der Waals surface area contributed by atoms with Gasteiger partial charge >= 0.3 is 0 Å². The van der Waals surface area contributed by atoms with Crippen LogP contribution < -0.4 is 0 Å². The Bertz CT molecular complexity index is 259. The lowest BCUT2D eigenvalue weighted by molar-refractivity contribution is -0.119. The molecule has 0 amide bonds. The zero-order valence-electron chi connectivity index (χ0n) is 7.81. The Balaban J connectivity index is 2.95. The van der Waals surface area contributed by atoms with Gasteiger partial charge in [0.15, 0.2) is 11.5 Å². The maximum Gasteiger partial charge on any atom is 0.246 e. The highest BCUT2D eigenvalue weighted by molar-refractivity contribution is 5.31. The molecule has 2 nitrogen and oxygen atoms in total. The lowest BCUT2D eigenvalue weighted by Crippen LogP contribution is -2.20. The average molecular weight is 166 g/mol. The normalized spacial score (nSPS) is 19.9. The topological polar surface area (TPSA) is 18.5 Å². The number of allylic oxidation sites excluding steroid dienone is 2. The molecule has 1 rings (SSSR count). The second-order valence-corrected chi connectivity index (χ2v) is 3.28. The molecule has 0 saturated heterocycles. The molecule has 2 heteroatoms. The van der Waals surface area contributed by atoms with Crippen molar-refractivity contribution in [3.8, 4) is 0 Å². The van der Waals surface area contributed by atoms with Crippen LogP contribution in [-0.2, 0) is 9.47 Å². The van der Waals surface area contributed by atoms with E-state index in [1.54, 1.807) is 6.08 Å². The van der Waals surface area contributed by atoms with E-state index in [-0.39, 0.29) is 0 Å². The van der Waals surface area contributed by atoms with Gasteiger partial charge in [-0.15, -0.1) is 0 Å². The summed E-state index contributed by atoms with van der Waals surface area (Å²) in [5.74, 6) is 0.792. The Morgan fingerprint density at radius 1 is 1.42 bits per heavy atom. The fraction of sp³-hybridized carbons (Fsp3) is 0.400. The molecule has 0 aromatic heterocycles. The molecule has 0 spiro atoms. The minimum Gasteiger partial charge on any atom is -0.449 e. The molecule has 0 N–H and O–H groups in total. The second-order valence-electron chi connectivity index (χ2n) is 3.28. The van der Waals surface area contributed by atoms with E-state index in [0.29, 0.717) is 11.5 Å². The molecule has 0 bridgehead atoms. The Morgan fingerprint density at radius 3 is 2.33 bits per heavy atom. The summed E-state index contributed by atoms with van der Waals surface area (Å²) >= 11 is 0. The van der Waals surface area contributed by atoms with Gasteiger partial charge in [0, 0.05) is 13.8 Å². The van der Waals surface area contributed by atoms with Crippen LogP contribution in [0.15, 0.2) is 36.3 Å². The molecule has 0 saturated carbocycles. The van der Waals surface area contributed by atoms with Crippen LogP contribution in [0.2, 0.25) is 0 Å². The van der Waals surface area contributed by atoms with Crippen LogP contribution in [0.5, 0.6) is 0 Å². The summed E-state index contributed by atoms with van der Waals surface area (Å²) in [5, 5.41) is 0. The Hall–Kier alpha value is -1.18. The van der Waals surface area contributed by atoms with Gasteiger partial charge in [0.25, 0.3) is 0 Å². The zero-order valence-corrected chi connectivity index (χ0v) is 7.81. The molecule has 0 aromatic carbocycles. The van der Waals surface area contributed by atoms with Crippen LogP contribution >= 0.6 is 0 Å². The average Bonchev–Trinajstić information content (AvgIpc) is 2.25. The smallest absolute Gasteiger partial charge is 0.246 e. The van der Waals surface area contributed by atoms with E-state index in [9.17, 15) is 0 Å². The first kappa shape index (κ1) is 8.91. The molecular formula is C10H14O2. The van der Waals surface area contributed by atoms with Crippen LogP contribution in [0, 0.1) is 0 Å². The van der Waals surface area contributed by atoms with Crippen molar-refractivity contribution in [1.82, 2.24) is 0 Å². The van der Waals surface area contributed by atoms with Crippen LogP contribution in [0.1, 0.15) is 20.8 Å². The van der Waals surface area contributed by atoms with Gasteiger partial charge in [-0.25, -0.2) is 0 Å². The molecule has 0 aromatic rings. The third kappa shape index (κ3) is 1.52. The number of ether oxygens (including phenoxy) is 2. The molecule has 0 atom stereocenters. The van der Waals surface area contributed by atoms with Crippen molar-refractivity contribution in [2.45, 2.75) is 26.6 Å². The van der Waals surface area contributed by atoms with Crippen LogP contribution in [0.3, 0.4) is 0 Å². The van der Waals surface area contributed by atoms with Crippen molar-refractivity contribution < 1.29 is 9.47 Å². The summed E-state index contributed by atoms with van der Waals surface area (Å²) in [6.45, 7) is 13.0. The monoisotopic (exact) mass is 166 g/mol. The summed E-state index contributed by atoms with van der Waals surface area (Å²) in [7, 11) is 0. The number of rotatable bonds is 2. The van der Waals surface area contributed by atoms with E-state index in [2.05, 4.69) is 13.2 Å². The molecular weight excluding hydrogens is 152 g/mol. The van der Waals surface area contributed by atoms with Crippen molar-refractivity contribution >= 4 is 0 Å². The molecule has 1 aliphatic heterocycles. The summed E-state index contributed by atoms with van der Waals surface area (Å²) in [5.41, 5.74) is 0.857. The third-order valence-corrected chi connectivity index (χ3v) is 1.50. The summed E-state index contributed by atoms with van der Waals surface area (Å²) < 4.78 is 11.0. The largest absolute Gasteiger partial charge is 0.449 e. The molecule has 0 radical (unpaired) electrons. The fourth-order valence-corrected chi connectivity index (χ4v) is 1.06. The Kier molecular flexibility index (Phi) is 2.01. The van der Waals surface area contributed by atoms with Crippen molar-refractivity contribution in [3.63, 3.8) is 0 Å². The molecule has 0 aliphatic carbocycles. The minimum absolute atomic E-state index is 0.586. The Labute approximate surface area is 73.2 Å². The predicted octanol–water partition coefficient (Wildman–Crippen LogP) is 2.74. The highest BCUT2D eigenvalue weighted by Crippen LogP contribution is 2.33. The van der Waals surface area contributed by atoms with Gasteiger partial charge in [0.2, 0.25) is 5.79 Å². The van der Waals surface area contributed by atoms with Gasteiger partial charge in [-0.3, -0.25) is 0 Å². The van der Waals surface area contributed by atoms with Crippen LogP contribution in [-0.4, -0.2) is 5.79 Å². The van der Waals surface area contributed by atoms with Gasteiger partial charge in [-0.05, 0) is 18.6 Å². The molecule has 1 aliphatic rings. The number of hydrogen-bond acceptors (Lipinski definition) is 2. The lowest BCUT2D eigenvalue weighted by Gasteiger charge is -2.18. The maximum atomic E-state index is 5.50. The highest BCUT2D eigenvalue weighted by Gasteiger charge is 2.32. The van der Waals surface area contributed by atoms with E-state index in [4.69, 9.17) is 9.47 Å². The summed E-state index contributed by atoms with van der Waals surface area (Å²) in [4.78, 5) is 0. The second kappa shape index (κ2) is 2.70. The quantitative estimate of drug-likeness (QED) is 0.628. The van der Waals surface area contributed by atoms with Crippen molar-refractivity contribution in [2.24, 2.45) is 0 Å². The van der Waals surface area contributed by atoms with E-state index >= 15 is 0 Å². The summed E-state index contributed by atoms with van der Waals surface area (Å²) in [6, 6.07) is 0. The van der Waals surface area contributed by atoms with Crippen molar-refractivity contribution in [3.05, 3.63) is 36.3 Å². The first-order chi connectivity index (χ1) is 5.46. The third-order valence-electron chi connectivity index (χ3n) is 1.50.